The molecule has 1 aliphatic rings. The molecule has 4 nitrogen and oxygen atoms in total. The van der Waals surface area contributed by atoms with Crippen LogP contribution < -0.4 is 0 Å². The van der Waals surface area contributed by atoms with E-state index in [-0.39, 0.29) is 23.7 Å². The molecular weight excluding hydrogens is 254 g/mol. The third kappa shape index (κ3) is 4.50. The molecule has 0 spiro atoms. The molecule has 1 atom stereocenters. The molecule has 0 aromatic rings. The van der Waals surface area contributed by atoms with Gasteiger partial charge in [0.15, 0.2) is 0 Å². The predicted octanol–water partition coefficient (Wildman–Crippen LogP) is 3.00. The Labute approximate surface area is 122 Å². The van der Waals surface area contributed by atoms with Crippen LogP contribution in [0.5, 0.6) is 0 Å². The number of nitrogens with zero attached hydrogens (tertiary/aromatic N) is 1. The van der Waals surface area contributed by atoms with Crippen molar-refractivity contribution >= 4 is 11.9 Å². The zero-order valence-electron chi connectivity index (χ0n) is 13.7. The highest BCUT2D eigenvalue weighted by molar-refractivity contribution is 5.86. The minimum absolute atomic E-state index is 0.0419. The molecule has 1 aliphatic carbocycles. The molecule has 0 aliphatic heterocycles. The van der Waals surface area contributed by atoms with Gasteiger partial charge in [-0.15, -0.1) is 0 Å². The molecule has 1 amide bonds. The quantitative estimate of drug-likeness (QED) is 0.745. The zero-order valence-corrected chi connectivity index (χ0v) is 13.7. The van der Waals surface area contributed by atoms with Gasteiger partial charge >= 0.3 is 5.97 Å². The fourth-order valence-corrected chi connectivity index (χ4v) is 2.84. The standard InChI is InChI=1S/C16H29NO3/c1-11(2)13(15(19)20-16(3,4)5)17(6)14(18)12-9-7-8-10-12/h11-13H,7-10H2,1-6H3/t13-/m0/s1. The molecule has 1 rings (SSSR count). The van der Waals surface area contributed by atoms with Gasteiger partial charge in [-0.25, -0.2) is 4.79 Å². The number of hydrogen-bond donors (Lipinski definition) is 0. The Balaban J connectivity index is 2.79. The summed E-state index contributed by atoms with van der Waals surface area (Å²) in [5, 5.41) is 0. The molecule has 0 bridgehead atoms. The van der Waals surface area contributed by atoms with E-state index in [1.807, 2.05) is 34.6 Å². The molecule has 4 heteroatoms. The first-order valence-electron chi connectivity index (χ1n) is 7.63. The monoisotopic (exact) mass is 283 g/mol. The topological polar surface area (TPSA) is 46.6 Å². The summed E-state index contributed by atoms with van der Waals surface area (Å²) in [5.74, 6) is -0.0858. The lowest BCUT2D eigenvalue weighted by Gasteiger charge is -2.33. The van der Waals surface area contributed by atoms with E-state index in [9.17, 15) is 9.59 Å². The average molecular weight is 283 g/mol. The first-order chi connectivity index (χ1) is 9.13. The van der Waals surface area contributed by atoms with Crippen LogP contribution in [0.1, 0.15) is 60.3 Å². The summed E-state index contributed by atoms with van der Waals surface area (Å²) in [6.45, 7) is 9.45. The van der Waals surface area contributed by atoms with Crippen molar-refractivity contribution in [1.82, 2.24) is 4.90 Å². The molecule has 0 heterocycles. The highest BCUT2D eigenvalue weighted by atomic mass is 16.6. The molecular formula is C16H29NO3. The van der Waals surface area contributed by atoms with Crippen molar-refractivity contribution in [2.75, 3.05) is 7.05 Å². The summed E-state index contributed by atoms with van der Waals surface area (Å²) in [5.41, 5.74) is -0.526. The number of carbonyl (C=O) groups is 2. The SMILES string of the molecule is CC(C)[C@@H](C(=O)OC(C)(C)C)N(C)C(=O)C1CCCC1. The minimum Gasteiger partial charge on any atom is -0.458 e. The summed E-state index contributed by atoms with van der Waals surface area (Å²) < 4.78 is 5.46. The second-order valence-electron chi connectivity index (χ2n) is 7.15. The van der Waals surface area contributed by atoms with Gasteiger partial charge in [-0.2, -0.15) is 0 Å². The van der Waals surface area contributed by atoms with Crippen LogP contribution in [0.15, 0.2) is 0 Å². The number of hydrogen-bond acceptors (Lipinski definition) is 3. The Morgan fingerprint density at radius 2 is 1.65 bits per heavy atom. The van der Waals surface area contributed by atoms with Crippen molar-refractivity contribution in [2.24, 2.45) is 11.8 Å². The average Bonchev–Trinajstić information content (AvgIpc) is 2.77. The number of rotatable bonds is 4. The summed E-state index contributed by atoms with van der Waals surface area (Å²) >= 11 is 0. The molecule has 1 fully saturated rings. The Bertz CT molecular complexity index is 351. The van der Waals surface area contributed by atoms with E-state index < -0.39 is 11.6 Å². The number of carbonyl (C=O) groups excluding carboxylic acids is 2. The maximum atomic E-state index is 12.5. The smallest absolute Gasteiger partial charge is 0.329 e. The second-order valence-corrected chi connectivity index (χ2v) is 7.15. The van der Waals surface area contributed by atoms with E-state index in [0.717, 1.165) is 25.7 Å². The predicted molar refractivity (Wildman–Crippen MR) is 79.2 cm³/mol. The zero-order chi connectivity index (χ0) is 15.5. The van der Waals surface area contributed by atoms with Gasteiger partial charge in [-0.1, -0.05) is 26.7 Å². The Kier molecular flexibility index (Phi) is 5.60. The van der Waals surface area contributed by atoms with Crippen molar-refractivity contribution in [3.8, 4) is 0 Å². The lowest BCUT2D eigenvalue weighted by atomic mass is 9.99. The molecule has 0 aromatic heterocycles. The molecule has 20 heavy (non-hydrogen) atoms. The first kappa shape index (κ1) is 17.0. The van der Waals surface area contributed by atoms with Crippen LogP contribution in [0, 0.1) is 11.8 Å². The van der Waals surface area contributed by atoms with E-state index >= 15 is 0 Å². The third-order valence-electron chi connectivity index (χ3n) is 3.75. The first-order valence-corrected chi connectivity index (χ1v) is 7.63. The summed E-state index contributed by atoms with van der Waals surface area (Å²) in [6, 6.07) is -0.498. The highest BCUT2D eigenvalue weighted by Gasteiger charge is 2.36. The molecule has 116 valence electrons. The van der Waals surface area contributed by atoms with Gasteiger partial charge in [-0.3, -0.25) is 4.79 Å². The third-order valence-corrected chi connectivity index (χ3v) is 3.75. The number of likely N-dealkylation sites (N-methyl/N-ethyl adjacent to an activating group) is 1. The fourth-order valence-electron chi connectivity index (χ4n) is 2.84. The lowest BCUT2D eigenvalue weighted by molar-refractivity contribution is -0.166. The number of ether oxygens (including phenoxy) is 1. The molecule has 0 saturated heterocycles. The van der Waals surface area contributed by atoms with Gasteiger partial charge in [0.05, 0.1) is 0 Å². The van der Waals surface area contributed by atoms with E-state index in [1.165, 1.54) is 0 Å². The lowest BCUT2D eigenvalue weighted by Crippen LogP contribution is -2.49. The maximum absolute atomic E-state index is 12.5. The van der Waals surface area contributed by atoms with E-state index in [1.54, 1.807) is 11.9 Å². The van der Waals surface area contributed by atoms with Crippen LogP contribution in [0.25, 0.3) is 0 Å². The maximum Gasteiger partial charge on any atom is 0.329 e. The summed E-state index contributed by atoms with van der Waals surface area (Å²) in [6.07, 6.45) is 4.12. The molecule has 0 N–H and O–H groups in total. The van der Waals surface area contributed by atoms with Gasteiger partial charge in [0.25, 0.3) is 0 Å². The van der Waals surface area contributed by atoms with Gasteiger partial charge in [0, 0.05) is 13.0 Å². The van der Waals surface area contributed by atoms with Crippen LogP contribution in [-0.2, 0) is 14.3 Å². The van der Waals surface area contributed by atoms with Crippen molar-refractivity contribution in [1.29, 1.82) is 0 Å². The molecule has 0 aromatic carbocycles. The van der Waals surface area contributed by atoms with Gasteiger partial charge in [-0.05, 0) is 39.5 Å². The minimum atomic E-state index is -0.526. The van der Waals surface area contributed by atoms with E-state index in [0.29, 0.717) is 0 Å². The van der Waals surface area contributed by atoms with Crippen molar-refractivity contribution < 1.29 is 14.3 Å². The largest absolute Gasteiger partial charge is 0.458 e. The van der Waals surface area contributed by atoms with Gasteiger partial charge < -0.3 is 9.64 Å². The van der Waals surface area contributed by atoms with E-state index in [2.05, 4.69) is 0 Å². The second kappa shape index (κ2) is 6.59. The molecule has 0 radical (unpaired) electrons. The van der Waals surface area contributed by atoms with Crippen molar-refractivity contribution in [2.45, 2.75) is 71.9 Å². The van der Waals surface area contributed by atoms with Crippen molar-refractivity contribution in [3.63, 3.8) is 0 Å². The number of esters is 1. The normalized spacial score (nSPS) is 18.1. The van der Waals surface area contributed by atoms with Crippen molar-refractivity contribution in [3.05, 3.63) is 0 Å². The molecule has 1 saturated carbocycles. The summed E-state index contributed by atoms with van der Waals surface area (Å²) in [7, 11) is 1.73. The van der Waals surface area contributed by atoms with Gasteiger partial charge in [0.2, 0.25) is 5.91 Å². The van der Waals surface area contributed by atoms with Gasteiger partial charge in [0.1, 0.15) is 11.6 Å². The van der Waals surface area contributed by atoms with E-state index in [4.69, 9.17) is 4.74 Å². The van der Waals surface area contributed by atoms with Crippen LogP contribution >= 0.6 is 0 Å². The van der Waals surface area contributed by atoms with Crippen LogP contribution in [-0.4, -0.2) is 35.5 Å². The Morgan fingerprint density at radius 1 is 1.15 bits per heavy atom. The van der Waals surface area contributed by atoms with Crippen LogP contribution in [0.3, 0.4) is 0 Å². The Morgan fingerprint density at radius 3 is 2.05 bits per heavy atom. The Hall–Kier alpha value is -1.06. The fraction of sp³-hybridized carbons (Fsp3) is 0.875. The summed E-state index contributed by atoms with van der Waals surface area (Å²) in [4.78, 5) is 26.4. The molecule has 0 unspecified atom stereocenters. The van der Waals surface area contributed by atoms with Crippen LogP contribution in [0.2, 0.25) is 0 Å². The van der Waals surface area contributed by atoms with Crippen LogP contribution in [0.4, 0.5) is 0 Å². The highest BCUT2D eigenvalue weighted by Crippen LogP contribution is 2.28. The number of amides is 1.